The van der Waals surface area contributed by atoms with E-state index in [1.165, 1.54) is 0 Å². The second-order valence-corrected chi connectivity index (χ2v) is 7.36. The minimum absolute atomic E-state index is 0.119. The third-order valence-corrected chi connectivity index (χ3v) is 5.04. The van der Waals surface area contributed by atoms with E-state index in [1.807, 2.05) is 30.3 Å². The summed E-state index contributed by atoms with van der Waals surface area (Å²) in [6, 6.07) is 8.93. The molecule has 29 heavy (non-hydrogen) atoms. The molecule has 1 aromatic carbocycles. The molecule has 8 heteroatoms. The number of nitrogens with one attached hydrogen (secondary N) is 2. The van der Waals surface area contributed by atoms with Gasteiger partial charge in [-0.05, 0) is 24.2 Å². The van der Waals surface area contributed by atoms with Crippen molar-refractivity contribution in [2.45, 2.75) is 51.5 Å². The molecule has 1 fully saturated rings. The summed E-state index contributed by atoms with van der Waals surface area (Å²) in [6.07, 6.45) is 3.68. The summed E-state index contributed by atoms with van der Waals surface area (Å²) in [5, 5.41) is 5.61. The maximum absolute atomic E-state index is 12.3. The van der Waals surface area contributed by atoms with Gasteiger partial charge in [-0.15, -0.1) is 0 Å². The second-order valence-electron chi connectivity index (χ2n) is 6.97. The lowest BCUT2D eigenvalue weighted by molar-refractivity contribution is -0.147. The van der Waals surface area contributed by atoms with Crippen LogP contribution in [0, 0.1) is 0 Å². The molecular formula is C21H29N3O4S. The highest BCUT2D eigenvalue weighted by molar-refractivity contribution is 7.80. The highest BCUT2D eigenvalue weighted by Gasteiger charge is 2.34. The smallest absolute Gasteiger partial charge is 0.308 e. The second kappa shape index (κ2) is 12.2. The van der Waals surface area contributed by atoms with Gasteiger partial charge in [0.1, 0.15) is 6.04 Å². The summed E-state index contributed by atoms with van der Waals surface area (Å²) in [4.78, 5) is 38.2. The number of hydrogen-bond donors (Lipinski definition) is 2. The van der Waals surface area contributed by atoms with E-state index in [2.05, 4.69) is 17.6 Å². The van der Waals surface area contributed by atoms with Gasteiger partial charge in [-0.3, -0.25) is 14.4 Å². The Kier molecular flexibility index (Phi) is 9.56. The minimum atomic E-state index is -0.781. The van der Waals surface area contributed by atoms with Crippen molar-refractivity contribution in [2.75, 3.05) is 19.7 Å². The quantitative estimate of drug-likeness (QED) is 0.361. The summed E-state index contributed by atoms with van der Waals surface area (Å²) in [5.74, 6) is -0.928. The van der Waals surface area contributed by atoms with E-state index in [-0.39, 0.29) is 30.0 Å². The highest BCUT2D eigenvalue weighted by atomic mass is 32.1. The third-order valence-electron chi connectivity index (χ3n) is 4.70. The largest absolute Gasteiger partial charge is 0.465 e. The van der Waals surface area contributed by atoms with Crippen LogP contribution in [0.2, 0.25) is 0 Å². The lowest BCUT2D eigenvalue weighted by atomic mass is 10.1. The molecule has 0 spiro atoms. The molecule has 2 rings (SSSR count). The van der Waals surface area contributed by atoms with E-state index in [9.17, 15) is 14.4 Å². The Morgan fingerprint density at radius 3 is 2.76 bits per heavy atom. The maximum atomic E-state index is 12.3. The Balaban J connectivity index is 1.84. The molecule has 1 saturated heterocycles. The SMILES string of the molecule is CCCCCC(=O)NC(=S)N1CCNC(=O)[C@H]1CC(=O)OCCc1ccccc1. The summed E-state index contributed by atoms with van der Waals surface area (Å²) in [6.45, 7) is 3.15. The Morgan fingerprint density at radius 1 is 1.28 bits per heavy atom. The number of carbonyl (C=O) groups excluding carboxylic acids is 3. The van der Waals surface area contributed by atoms with Crippen LogP contribution >= 0.6 is 12.2 Å². The summed E-state index contributed by atoms with van der Waals surface area (Å²) >= 11 is 5.33. The molecule has 0 aromatic heterocycles. The lowest BCUT2D eigenvalue weighted by Crippen LogP contribution is -2.60. The number of benzene rings is 1. The number of ether oxygens (including phenoxy) is 1. The summed E-state index contributed by atoms with van der Waals surface area (Å²) in [5.41, 5.74) is 1.07. The predicted molar refractivity (Wildman–Crippen MR) is 114 cm³/mol. The fraction of sp³-hybridized carbons (Fsp3) is 0.524. The standard InChI is InChI=1S/C21H29N3O4S/c1-2-3-5-10-18(25)23-21(29)24-13-12-22-20(27)17(24)15-19(26)28-14-11-16-8-6-4-7-9-16/h4,6-9,17H,2-3,5,10-15H2,1H3,(H,22,27)(H,23,25,29)/t17-/m1/s1. The number of unbranched alkanes of at least 4 members (excludes halogenated alkanes) is 2. The minimum Gasteiger partial charge on any atom is -0.465 e. The molecule has 2 N–H and O–H groups in total. The van der Waals surface area contributed by atoms with Gasteiger partial charge in [0.25, 0.3) is 0 Å². The van der Waals surface area contributed by atoms with Crippen molar-refractivity contribution in [3.63, 3.8) is 0 Å². The number of rotatable bonds is 9. The molecule has 0 radical (unpaired) electrons. The van der Waals surface area contributed by atoms with Gasteiger partial charge in [-0.1, -0.05) is 50.1 Å². The van der Waals surface area contributed by atoms with Gasteiger partial charge in [0.15, 0.2) is 5.11 Å². The number of carbonyl (C=O) groups is 3. The van der Waals surface area contributed by atoms with Crippen LogP contribution in [0.5, 0.6) is 0 Å². The summed E-state index contributed by atoms with van der Waals surface area (Å²) in [7, 11) is 0. The number of nitrogens with zero attached hydrogens (tertiary/aromatic N) is 1. The Labute approximate surface area is 177 Å². The first-order valence-electron chi connectivity index (χ1n) is 10.1. The van der Waals surface area contributed by atoms with Crippen molar-refractivity contribution in [1.29, 1.82) is 0 Å². The van der Waals surface area contributed by atoms with Crippen LogP contribution < -0.4 is 10.6 Å². The first-order valence-corrected chi connectivity index (χ1v) is 10.5. The fourth-order valence-electron chi connectivity index (χ4n) is 3.09. The molecule has 1 aliphatic heterocycles. The van der Waals surface area contributed by atoms with Gasteiger partial charge >= 0.3 is 5.97 Å². The van der Waals surface area contributed by atoms with Crippen LogP contribution in [0.1, 0.15) is 44.6 Å². The topological polar surface area (TPSA) is 87.7 Å². The molecule has 1 aliphatic rings. The van der Waals surface area contributed by atoms with E-state index in [0.29, 0.717) is 25.9 Å². The number of hydrogen-bond acceptors (Lipinski definition) is 5. The van der Waals surface area contributed by atoms with Crippen molar-refractivity contribution < 1.29 is 19.1 Å². The van der Waals surface area contributed by atoms with Gasteiger partial charge in [0.2, 0.25) is 11.8 Å². The molecule has 2 amide bonds. The molecule has 1 heterocycles. The number of thiocarbonyl (C=S) groups is 1. The van der Waals surface area contributed by atoms with Crippen molar-refractivity contribution in [3.05, 3.63) is 35.9 Å². The molecule has 1 atom stereocenters. The Bertz CT molecular complexity index is 711. The van der Waals surface area contributed by atoms with Crippen LogP contribution in [0.15, 0.2) is 30.3 Å². The zero-order chi connectivity index (χ0) is 21.1. The molecular weight excluding hydrogens is 390 g/mol. The highest BCUT2D eigenvalue weighted by Crippen LogP contribution is 2.11. The van der Waals surface area contributed by atoms with Crippen molar-refractivity contribution in [1.82, 2.24) is 15.5 Å². The monoisotopic (exact) mass is 419 g/mol. The van der Waals surface area contributed by atoms with Gasteiger partial charge in [-0.25, -0.2) is 0 Å². The first-order chi connectivity index (χ1) is 14.0. The summed E-state index contributed by atoms with van der Waals surface area (Å²) < 4.78 is 5.30. The van der Waals surface area contributed by atoms with Gasteiger partial charge < -0.3 is 20.3 Å². The molecule has 7 nitrogen and oxygen atoms in total. The Morgan fingerprint density at radius 2 is 2.03 bits per heavy atom. The Hall–Kier alpha value is -2.48. The molecule has 0 unspecified atom stereocenters. The molecule has 0 bridgehead atoms. The third kappa shape index (κ3) is 7.81. The van der Waals surface area contributed by atoms with E-state index < -0.39 is 12.0 Å². The lowest BCUT2D eigenvalue weighted by Gasteiger charge is -2.36. The zero-order valence-corrected chi connectivity index (χ0v) is 17.6. The average molecular weight is 420 g/mol. The van der Waals surface area contributed by atoms with Crippen LogP contribution in [0.4, 0.5) is 0 Å². The van der Waals surface area contributed by atoms with Crippen molar-refractivity contribution >= 4 is 35.1 Å². The normalized spacial score (nSPS) is 16.1. The van der Waals surface area contributed by atoms with Gasteiger partial charge in [0.05, 0.1) is 13.0 Å². The molecule has 0 saturated carbocycles. The van der Waals surface area contributed by atoms with Crippen LogP contribution in [0.25, 0.3) is 0 Å². The molecule has 158 valence electrons. The molecule has 0 aliphatic carbocycles. The van der Waals surface area contributed by atoms with Gasteiger partial charge in [0, 0.05) is 25.9 Å². The van der Waals surface area contributed by atoms with E-state index in [4.69, 9.17) is 17.0 Å². The predicted octanol–water partition coefficient (Wildman–Crippen LogP) is 1.94. The van der Waals surface area contributed by atoms with Crippen molar-refractivity contribution in [2.24, 2.45) is 0 Å². The maximum Gasteiger partial charge on any atom is 0.308 e. The first kappa shape index (κ1) is 22.8. The van der Waals surface area contributed by atoms with Crippen molar-refractivity contribution in [3.8, 4) is 0 Å². The fourth-order valence-corrected chi connectivity index (χ4v) is 3.43. The van der Waals surface area contributed by atoms with Crippen LogP contribution in [-0.4, -0.2) is 53.5 Å². The van der Waals surface area contributed by atoms with Gasteiger partial charge in [-0.2, -0.15) is 0 Å². The van der Waals surface area contributed by atoms with E-state index in [1.54, 1.807) is 4.90 Å². The average Bonchev–Trinajstić information content (AvgIpc) is 2.70. The van der Waals surface area contributed by atoms with E-state index in [0.717, 1.165) is 24.8 Å². The van der Waals surface area contributed by atoms with Crippen LogP contribution in [0.3, 0.4) is 0 Å². The number of piperazine rings is 1. The van der Waals surface area contributed by atoms with E-state index >= 15 is 0 Å². The van der Waals surface area contributed by atoms with Crippen LogP contribution in [-0.2, 0) is 25.5 Å². The zero-order valence-electron chi connectivity index (χ0n) is 16.8. The number of esters is 1. The molecule has 1 aromatic rings. The number of amides is 2.